The Morgan fingerprint density at radius 1 is 1.05 bits per heavy atom. The van der Waals surface area contributed by atoms with E-state index in [1.54, 1.807) is 12.1 Å². The fraction of sp³-hybridized carbons (Fsp3) is 0.200. The van der Waals surface area contributed by atoms with Crippen molar-refractivity contribution in [2.45, 2.75) is 18.2 Å². The Morgan fingerprint density at radius 3 is 2.35 bits per heavy atom. The summed E-state index contributed by atoms with van der Waals surface area (Å²) in [5.74, 6) is 0.558. The summed E-state index contributed by atoms with van der Waals surface area (Å²) < 4.78 is 29.0. The fourth-order valence-corrected chi connectivity index (χ4v) is 2.86. The molecule has 0 saturated carbocycles. The van der Waals surface area contributed by atoms with Gasteiger partial charge in [0.2, 0.25) is 10.0 Å². The topological polar surface area (TPSA) is 69.4 Å². The van der Waals surface area contributed by atoms with Gasteiger partial charge in [0.05, 0.1) is 11.5 Å². The fourth-order valence-electron chi connectivity index (χ4n) is 2.08. The first-order chi connectivity index (χ1) is 9.52. The third-order valence-electron chi connectivity index (χ3n) is 2.92. The summed E-state index contributed by atoms with van der Waals surface area (Å²) in [4.78, 5) is 0.118. The molecule has 0 saturated heterocycles. The average molecular weight is 291 g/mol. The number of sulfonamides is 1. The summed E-state index contributed by atoms with van der Waals surface area (Å²) in [6.45, 7) is 2.33. The highest BCUT2D eigenvalue weighted by atomic mass is 32.2. The van der Waals surface area contributed by atoms with Gasteiger partial charge in [-0.25, -0.2) is 13.6 Å². The minimum absolute atomic E-state index is 0.118. The maximum Gasteiger partial charge on any atom is 0.238 e. The van der Waals surface area contributed by atoms with Gasteiger partial charge in [-0.3, -0.25) is 0 Å². The second kappa shape index (κ2) is 6.07. The molecule has 2 aromatic carbocycles. The predicted octanol–water partition coefficient (Wildman–Crippen LogP) is 2.32. The largest absolute Gasteiger partial charge is 0.494 e. The maximum absolute atomic E-state index is 11.7. The molecule has 5 heteroatoms. The third-order valence-corrected chi connectivity index (χ3v) is 3.92. The Hall–Kier alpha value is -1.85. The standard InChI is InChI=1S/C15H17NO3S/c1-2-19-14-9-6-10-15(20(16,17)18)13(14)11-12-7-4-3-5-8-12/h3-10H,2,11H2,1H3,(H2,16,17,18). The molecule has 0 aliphatic heterocycles. The number of rotatable bonds is 5. The van der Waals surface area contributed by atoms with Crippen LogP contribution in [-0.4, -0.2) is 15.0 Å². The van der Waals surface area contributed by atoms with Gasteiger partial charge in [0.25, 0.3) is 0 Å². The van der Waals surface area contributed by atoms with Gasteiger partial charge in [-0.2, -0.15) is 0 Å². The second-order valence-corrected chi connectivity index (χ2v) is 5.90. The van der Waals surface area contributed by atoms with Crippen molar-refractivity contribution in [2.24, 2.45) is 5.14 Å². The van der Waals surface area contributed by atoms with Crippen LogP contribution < -0.4 is 9.88 Å². The van der Waals surface area contributed by atoms with Crippen molar-refractivity contribution in [3.05, 3.63) is 59.7 Å². The molecule has 0 spiro atoms. The highest BCUT2D eigenvalue weighted by Crippen LogP contribution is 2.28. The molecule has 2 N–H and O–H groups in total. The van der Waals surface area contributed by atoms with Gasteiger partial charge < -0.3 is 4.74 Å². The van der Waals surface area contributed by atoms with Gasteiger partial charge >= 0.3 is 0 Å². The molecule has 0 fully saturated rings. The van der Waals surface area contributed by atoms with E-state index in [2.05, 4.69) is 0 Å². The number of primary sulfonamides is 1. The molecular formula is C15H17NO3S. The van der Waals surface area contributed by atoms with Crippen LogP contribution in [-0.2, 0) is 16.4 Å². The lowest BCUT2D eigenvalue weighted by Gasteiger charge is -2.14. The summed E-state index contributed by atoms with van der Waals surface area (Å²) in [7, 11) is -3.77. The van der Waals surface area contributed by atoms with Crippen molar-refractivity contribution >= 4 is 10.0 Å². The summed E-state index contributed by atoms with van der Waals surface area (Å²) >= 11 is 0. The first kappa shape index (κ1) is 14.6. The maximum atomic E-state index is 11.7. The summed E-state index contributed by atoms with van der Waals surface area (Å²) in [5, 5.41) is 5.29. The van der Waals surface area contributed by atoms with E-state index in [1.165, 1.54) is 6.07 Å². The molecule has 0 radical (unpaired) electrons. The molecule has 4 nitrogen and oxygen atoms in total. The Balaban J connectivity index is 2.52. The van der Waals surface area contributed by atoms with Gasteiger partial charge in [-0.15, -0.1) is 0 Å². The highest BCUT2D eigenvalue weighted by Gasteiger charge is 2.18. The highest BCUT2D eigenvalue weighted by molar-refractivity contribution is 7.89. The van der Waals surface area contributed by atoms with Crippen molar-refractivity contribution in [2.75, 3.05) is 6.61 Å². The number of ether oxygens (including phenoxy) is 1. The van der Waals surface area contributed by atoms with Crippen LogP contribution >= 0.6 is 0 Å². The quantitative estimate of drug-likeness (QED) is 0.919. The Bertz CT molecular complexity index is 682. The number of nitrogens with two attached hydrogens (primary N) is 1. The zero-order valence-corrected chi connectivity index (χ0v) is 12.1. The SMILES string of the molecule is CCOc1cccc(S(N)(=O)=O)c1Cc1ccccc1. The second-order valence-electron chi connectivity index (χ2n) is 4.37. The molecule has 0 bridgehead atoms. The van der Waals surface area contributed by atoms with Crippen LogP contribution in [0, 0.1) is 0 Å². The van der Waals surface area contributed by atoms with Crippen molar-refractivity contribution in [1.82, 2.24) is 0 Å². The van der Waals surface area contributed by atoms with Crippen LogP contribution in [0.3, 0.4) is 0 Å². The van der Waals surface area contributed by atoms with E-state index in [1.807, 2.05) is 37.3 Å². The van der Waals surface area contributed by atoms with Crippen LogP contribution in [0.1, 0.15) is 18.1 Å². The lowest BCUT2D eigenvalue weighted by Crippen LogP contribution is -2.15. The Kier molecular flexibility index (Phi) is 4.42. The lowest BCUT2D eigenvalue weighted by atomic mass is 10.0. The van der Waals surface area contributed by atoms with E-state index in [0.717, 1.165) is 5.56 Å². The van der Waals surface area contributed by atoms with Crippen molar-refractivity contribution in [1.29, 1.82) is 0 Å². The van der Waals surface area contributed by atoms with E-state index < -0.39 is 10.0 Å². The van der Waals surface area contributed by atoms with Crippen molar-refractivity contribution in [3.63, 3.8) is 0 Å². The predicted molar refractivity (Wildman–Crippen MR) is 78.2 cm³/mol. The lowest BCUT2D eigenvalue weighted by molar-refractivity contribution is 0.336. The monoisotopic (exact) mass is 291 g/mol. The van der Waals surface area contributed by atoms with Crippen LogP contribution in [0.5, 0.6) is 5.75 Å². The molecule has 20 heavy (non-hydrogen) atoms. The molecule has 0 heterocycles. The zero-order chi connectivity index (χ0) is 14.6. The molecule has 2 rings (SSSR count). The van der Waals surface area contributed by atoms with E-state index in [0.29, 0.717) is 24.3 Å². The molecule has 0 aliphatic carbocycles. The third kappa shape index (κ3) is 3.37. The smallest absolute Gasteiger partial charge is 0.238 e. The average Bonchev–Trinajstić information content (AvgIpc) is 2.41. The van der Waals surface area contributed by atoms with Gasteiger partial charge in [-0.1, -0.05) is 36.4 Å². The molecule has 0 aromatic heterocycles. The zero-order valence-electron chi connectivity index (χ0n) is 11.2. The minimum atomic E-state index is -3.77. The molecule has 0 atom stereocenters. The molecule has 0 aliphatic rings. The van der Waals surface area contributed by atoms with Crippen molar-refractivity contribution < 1.29 is 13.2 Å². The molecular weight excluding hydrogens is 274 g/mol. The summed E-state index contributed by atoms with van der Waals surface area (Å²) in [6.07, 6.45) is 0.461. The number of benzene rings is 2. The van der Waals surface area contributed by atoms with Crippen LogP contribution in [0.25, 0.3) is 0 Å². The Morgan fingerprint density at radius 2 is 1.75 bits per heavy atom. The first-order valence-electron chi connectivity index (χ1n) is 6.33. The van der Waals surface area contributed by atoms with Gasteiger partial charge in [0.1, 0.15) is 5.75 Å². The van der Waals surface area contributed by atoms with E-state index in [4.69, 9.17) is 9.88 Å². The normalized spacial score (nSPS) is 11.3. The number of hydrogen-bond donors (Lipinski definition) is 1. The van der Waals surface area contributed by atoms with Crippen LogP contribution in [0.15, 0.2) is 53.4 Å². The summed E-state index contributed by atoms with van der Waals surface area (Å²) in [5.41, 5.74) is 1.60. The molecule has 106 valence electrons. The van der Waals surface area contributed by atoms with Crippen molar-refractivity contribution in [3.8, 4) is 5.75 Å². The molecule has 2 aromatic rings. The number of hydrogen-bond acceptors (Lipinski definition) is 3. The minimum Gasteiger partial charge on any atom is -0.494 e. The van der Waals surface area contributed by atoms with Crippen LogP contribution in [0.4, 0.5) is 0 Å². The van der Waals surface area contributed by atoms with Gasteiger partial charge in [-0.05, 0) is 24.6 Å². The molecule has 0 amide bonds. The molecule has 0 unspecified atom stereocenters. The first-order valence-corrected chi connectivity index (χ1v) is 7.88. The summed E-state index contributed by atoms with van der Waals surface area (Å²) in [6, 6.07) is 14.5. The Labute approximate surface area is 119 Å². The van der Waals surface area contributed by atoms with E-state index in [9.17, 15) is 8.42 Å². The van der Waals surface area contributed by atoms with E-state index in [-0.39, 0.29) is 4.90 Å². The van der Waals surface area contributed by atoms with Crippen LogP contribution in [0.2, 0.25) is 0 Å². The van der Waals surface area contributed by atoms with Gasteiger partial charge in [0, 0.05) is 12.0 Å². The van der Waals surface area contributed by atoms with Gasteiger partial charge in [0.15, 0.2) is 0 Å². The van der Waals surface area contributed by atoms with E-state index >= 15 is 0 Å².